The van der Waals surface area contributed by atoms with Crippen LogP contribution < -0.4 is 16.5 Å². The molecular formula is C26H31ClN4O3. The van der Waals surface area contributed by atoms with E-state index >= 15 is 0 Å². The van der Waals surface area contributed by atoms with Crippen molar-refractivity contribution >= 4 is 40.0 Å². The largest absolute Gasteiger partial charge is 0.455 e. The Morgan fingerprint density at radius 2 is 2.03 bits per heavy atom. The van der Waals surface area contributed by atoms with Crippen molar-refractivity contribution in [3.63, 3.8) is 0 Å². The number of anilines is 1. The number of aliphatic imine (C=N–C) groups is 1. The monoisotopic (exact) mass is 482 g/mol. The summed E-state index contributed by atoms with van der Waals surface area (Å²) in [6.07, 6.45) is 2.87. The molecule has 0 aliphatic rings. The summed E-state index contributed by atoms with van der Waals surface area (Å²) >= 11 is 5.99. The lowest BCUT2D eigenvalue weighted by atomic mass is 9.99. The number of nitrogens with one attached hydrogen (secondary N) is 1. The first-order chi connectivity index (χ1) is 15.9. The standard InChI is InChI=1S/C26H31ClN4O3/c1-14-9-19(16(3)30-21-7-8-22(27)31-17(21)4)25-20(10-14)23(32)15(2)24(34-25)18(11-28)12-29-13-26(5,6)33/h7-12,16,30,33H,13,28H2,1-6H3/b18-11+,29-12?. The quantitative estimate of drug-likeness (QED) is 0.319. The van der Waals surface area contributed by atoms with Gasteiger partial charge in [0.05, 0.1) is 40.5 Å². The Labute approximate surface area is 204 Å². The van der Waals surface area contributed by atoms with Crippen LogP contribution in [0, 0.1) is 20.8 Å². The van der Waals surface area contributed by atoms with Crippen LogP contribution in [-0.2, 0) is 0 Å². The van der Waals surface area contributed by atoms with Gasteiger partial charge in [0.2, 0.25) is 0 Å². The van der Waals surface area contributed by atoms with E-state index in [1.807, 2.05) is 39.0 Å². The molecule has 0 saturated carbocycles. The summed E-state index contributed by atoms with van der Waals surface area (Å²) in [5.74, 6) is 0.348. The van der Waals surface area contributed by atoms with Gasteiger partial charge in [0, 0.05) is 23.5 Å². The third-order valence-electron chi connectivity index (χ3n) is 5.43. The highest BCUT2D eigenvalue weighted by molar-refractivity contribution is 6.29. The lowest BCUT2D eigenvalue weighted by Gasteiger charge is -2.20. The van der Waals surface area contributed by atoms with Crippen molar-refractivity contribution in [3.8, 4) is 0 Å². The number of nitrogens with two attached hydrogens (primary N) is 1. The highest BCUT2D eigenvalue weighted by Crippen LogP contribution is 2.31. The molecule has 0 amide bonds. The van der Waals surface area contributed by atoms with Gasteiger partial charge in [0.25, 0.3) is 0 Å². The molecule has 1 aromatic carbocycles. The number of benzene rings is 1. The summed E-state index contributed by atoms with van der Waals surface area (Å²) < 4.78 is 6.32. The van der Waals surface area contributed by atoms with Crippen LogP contribution in [-0.4, -0.2) is 28.5 Å². The topological polar surface area (TPSA) is 114 Å². The molecule has 0 saturated heterocycles. The minimum Gasteiger partial charge on any atom is -0.455 e. The van der Waals surface area contributed by atoms with Crippen LogP contribution in [0.4, 0.5) is 5.69 Å². The van der Waals surface area contributed by atoms with Crippen molar-refractivity contribution in [2.24, 2.45) is 10.7 Å². The predicted molar refractivity (Wildman–Crippen MR) is 140 cm³/mol. The fraction of sp³-hybridized carbons (Fsp3) is 0.346. The number of hydrogen-bond donors (Lipinski definition) is 3. The number of nitrogens with zero attached hydrogens (tertiary/aromatic N) is 2. The highest BCUT2D eigenvalue weighted by Gasteiger charge is 2.20. The van der Waals surface area contributed by atoms with Gasteiger partial charge in [0.15, 0.2) is 5.43 Å². The number of fused-ring (bicyclic) bond motifs is 1. The van der Waals surface area contributed by atoms with E-state index in [1.54, 1.807) is 26.8 Å². The fourth-order valence-electron chi connectivity index (χ4n) is 3.70. The Kier molecular flexibility index (Phi) is 7.48. The zero-order chi connectivity index (χ0) is 25.2. The normalized spacial score (nSPS) is 13.6. The van der Waals surface area contributed by atoms with Crippen LogP contribution in [0.2, 0.25) is 5.15 Å². The Hall–Kier alpha value is -3.16. The molecule has 1 unspecified atom stereocenters. The summed E-state index contributed by atoms with van der Waals surface area (Å²) in [6.45, 7) is 11.0. The molecule has 0 spiro atoms. The van der Waals surface area contributed by atoms with Crippen molar-refractivity contribution in [2.75, 3.05) is 11.9 Å². The fourth-order valence-corrected chi connectivity index (χ4v) is 3.89. The number of aliphatic hydroxyl groups is 1. The molecule has 0 fully saturated rings. The average Bonchev–Trinajstić information content (AvgIpc) is 2.75. The minimum absolute atomic E-state index is 0.132. The summed E-state index contributed by atoms with van der Waals surface area (Å²) in [5, 5.41) is 14.3. The summed E-state index contributed by atoms with van der Waals surface area (Å²) in [4.78, 5) is 21.9. The molecule has 3 aromatic rings. The molecule has 2 aromatic heterocycles. The van der Waals surface area contributed by atoms with E-state index in [4.69, 9.17) is 21.8 Å². The Morgan fingerprint density at radius 3 is 2.65 bits per heavy atom. The smallest absolute Gasteiger partial charge is 0.196 e. The molecule has 3 rings (SSSR count). The van der Waals surface area contributed by atoms with E-state index in [0.29, 0.717) is 33.0 Å². The maximum atomic E-state index is 13.3. The summed E-state index contributed by atoms with van der Waals surface area (Å²) in [7, 11) is 0. The zero-order valence-corrected chi connectivity index (χ0v) is 21.1. The van der Waals surface area contributed by atoms with Gasteiger partial charge in [-0.1, -0.05) is 17.7 Å². The first kappa shape index (κ1) is 25.5. The molecule has 7 nitrogen and oxygen atoms in total. The van der Waals surface area contributed by atoms with Crippen LogP contribution in [0.3, 0.4) is 0 Å². The lowest BCUT2D eigenvalue weighted by Crippen LogP contribution is -2.22. The van der Waals surface area contributed by atoms with Crippen LogP contribution in [0.5, 0.6) is 0 Å². The first-order valence-electron chi connectivity index (χ1n) is 11.0. The molecule has 2 heterocycles. The molecule has 180 valence electrons. The molecule has 0 aliphatic heterocycles. The van der Waals surface area contributed by atoms with E-state index < -0.39 is 5.60 Å². The van der Waals surface area contributed by atoms with Gasteiger partial charge in [-0.25, -0.2) is 4.98 Å². The molecule has 0 radical (unpaired) electrons. The Balaban J connectivity index is 2.13. The number of pyridine rings is 1. The molecule has 1 atom stereocenters. The second-order valence-electron chi connectivity index (χ2n) is 9.15. The SMILES string of the molecule is Cc1cc(C(C)Nc2ccc(Cl)nc2C)c2oc(/C(C=NCC(C)(C)O)=C/N)c(C)c(=O)c2c1. The average molecular weight is 483 g/mol. The number of halogens is 1. The van der Waals surface area contributed by atoms with Gasteiger partial charge >= 0.3 is 0 Å². The third kappa shape index (κ3) is 5.66. The van der Waals surface area contributed by atoms with E-state index in [0.717, 1.165) is 22.5 Å². The summed E-state index contributed by atoms with van der Waals surface area (Å²) in [6, 6.07) is 7.23. The second kappa shape index (κ2) is 9.99. The van der Waals surface area contributed by atoms with E-state index in [2.05, 4.69) is 15.3 Å². The van der Waals surface area contributed by atoms with Crippen LogP contribution >= 0.6 is 11.6 Å². The van der Waals surface area contributed by atoms with Gasteiger partial charge in [-0.2, -0.15) is 0 Å². The number of aromatic nitrogens is 1. The lowest BCUT2D eigenvalue weighted by molar-refractivity contribution is 0.0906. The van der Waals surface area contributed by atoms with Crippen molar-refractivity contribution in [3.05, 3.63) is 74.0 Å². The third-order valence-corrected chi connectivity index (χ3v) is 5.64. The molecule has 8 heteroatoms. The van der Waals surface area contributed by atoms with Crippen LogP contribution in [0.15, 0.2) is 44.7 Å². The van der Waals surface area contributed by atoms with Crippen molar-refractivity contribution in [1.82, 2.24) is 4.98 Å². The Morgan fingerprint density at radius 1 is 1.32 bits per heavy atom. The molecular weight excluding hydrogens is 452 g/mol. The van der Waals surface area contributed by atoms with Crippen molar-refractivity contribution in [1.29, 1.82) is 0 Å². The highest BCUT2D eigenvalue weighted by atomic mass is 35.5. The zero-order valence-electron chi connectivity index (χ0n) is 20.4. The molecule has 34 heavy (non-hydrogen) atoms. The van der Waals surface area contributed by atoms with E-state index in [1.165, 1.54) is 12.4 Å². The Bertz CT molecular complexity index is 1340. The molecule has 0 bridgehead atoms. The maximum absolute atomic E-state index is 13.3. The van der Waals surface area contributed by atoms with Gasteiger partial charge in [-0.05, 0) is 65.3 Å². The van der Waals surface area contributed by atoms with Crippen molar-refractivity contribution < 1.29 is 9.52 Å². The molecule has 0 aliphatic carbocycles. The predicted octanol–water partition coefficient (Wildman–Crippen LogP) is 5.08. The number of rotatable bonds is 7. The van der Waals surface area contributed by atoms with Crippen LogP contribution in [0.25, 0.3) is 16.5 Å². The van der Waals surface area contributed by atoms with Gasteiger partial charge in [-0.3, -0.25) is 9.79 Å². The van der Waals surface area contributed by atoms with Crippen molar-refractivity contribution in [2.45, 2.75) is 53.2 Å². The maximum Gasteiger partial charge on any atom is 0.196 e. The number of hydrogen-bond acceptors (Lipinski definition) is 7. The minimum atomic E-state index is -0.962. The first-order valence-corrected chi connectivity index (χ1v) is 11.4. The number of allylic oxidation sites excluding steroid dienone is 1. The summed E-state index contributed by atoms with van der Waals surface area (Å²) in [5.41, 5.74) is 9.53. The molecule has 4 N–H and O–H groups in total. The van der Waals surface area contributed by atoms with Crippen LogP contribution in [0.1, 0.15) is 55.0 Å². The number of aryl methyl sites for hydroxylation is 2. The van der Waals surface area contributed by atoms with E-state index in [9.17, 15) is 9.90 Å². The van der Waals surface area contributed by atoms with E-state index in [-0.39, 0.29) is 18.0 Å². The second-order valence-corrected chi connectivity index (χ2v) is 9.54. The van der Waals surface area contributed by atoms with Gasteiger partial charge in [-0.15, -0.1) is 0 Å². The van der Waals surface area contributed by atoms with Gasteiger partial charge < -0.3 is 20.6 Å². The van der Waals surface area contributed by atoms with Gasteiger partial charge in [0.1, 0.15) is 16.5 Å².